The van der Waals surface area contributed by atoms with Crippen LogP contribution in [0.15, 0.2) is 82.4 Å². The molecule has 1 aromatic heterocycles. The maximum absolute atomic E-state index is 15.2. The number of benzene rings is 3. The molecule has 4 aromatic rings. The maximum Gasteiger partial charge on any atom is 0.416 e. The monoisotopic (exact) mass is 624 g/mol. The SMILES string of the molecule is NC(Cn1c(=O)c2c(n(Cc3c(F)cccc3C(F)(F)F)c1=O)[C@@H](Cc1ccccc1O)OC21CCNCC1)c1ccccc1. The van der Waals surface area contributed by atoms with Crippen molar-refractivity contribution in [2.45, 2.75) is 56.3 Å². The van der Waals surface area contributed by atoms with Crippen LogP contribution in [-0.2, 0) is 36.0 Å². The van der Waals surface area contributed by atoms with Crippen molar-refractivity contribution in [1.29, 1.82) is 0 Å². The molecule has 3 aromatic carbocycles. The molecule has 1 spiro atoms. The first-order valence-electron chi connectivity index (χ1n) is 14.7. The Bertz CT molecular complexity index is 1830. The molecule has 1 saturated heterocycles. The van der Waals surface area contributed by atoms with Crippen LogP contribution in [0.25, 0.3) is 0 Å². The van der Waals surface area contributed by atoms with Gasteiger partial charge in [0.1, 0.15) is 23.3 Å². The minimum Gasteiger partial charge on any atom is -0.508 e. The Hall–Kier alpha value is -4.26. The Labute approximate surface area is 255 Å². The molecule has 45 heavy (non-hydrogen) atoms. The quantitative estimate of drug-likeness (QED) is 0.261. The molecule has 4 N–H and O–H groups in total. The Morgan fingerprint density at radius 3 is 2.36 bits per heavy atom. The lowest BCUT2D eigenvalue weighted by molar-refractivity contribution is -0.138. The van der Waals surface area contributed by atoms with E-state index < -0.39 is 58.7 Å². The maximum atomic E-state index is 15.2. The van der Waals surface area contributed by atoms with Crippen molar-refractivity contribution < 1.29 is 27.4 Å². The van der Waals surface area contributed by atoms with Gasteiger partial charge in [-0.15, -0.1) is 0 Å². The first-order valence-corrected chi connectivity index (χ1v) is 14.7. The number of hydrogen-bond acceptors (Lipinski definition) is 6. The number of alkyl halides is 3. The highest BCUT2D eigenvalue weighted by molar-refractivity contribution is 5.39. The largest absolute Gasteiger partial charge is 0.508 e. The molecule has 0 bridgehead atoms. The summed E-state index contributed by atoms with van der Waals surface area (Å²) in [6, 6.07) is 17.1. The van der Waals surface area contributed by atoms with Crippen molar-refractivity contribution in [1.82, 2.24) is 14.5 Å². The predicted molar refractivity (Wildman–Crippen MR) is 158 cm³/mol. The third-order valence-corrected chi connectivity index (χ3v) is 8.75. The zero-order valence-electron chi connectivity index (χ0n) is 24.2. The van der Waals surface area contributed by atoms with Crippen molar-refractivity contribution in [2.24, 2.45) is 5.73 Å². The van der Waals surface area contributed by atoms with Gasteiger partial charge < -0.3 is 20.9 Å². The summed E-state index contributed by atoms with van der Waals surface area (Å²) in [5.41, 5.74) is 3.07. The standard InChI is InChI=1S/C33H32F4N4O4/c34-24-11-6-10-23(33(35,36)37)22(24)18-40-29-27(17-21-9-4-5-12-26(21)42)45-32(13-15-39-16-14-32)28(29)30(43)41(31(40)44)19-25(38)20-7-2-1-3-8-20/h1-12,25,27,39,42H,13-19,38H2/t25?,27-/m1/s1. The Morgan fingerprint density at radius 1 is 0.978 bits per heavy atom. The second kappa shape index (κ2) is 11.9. The second-order valence-corrected chi connectivity index (χ2v) is 11.5. The van der Waals surface area contributed by atoms with Crippen LogP contribution in [0.1, 0.15) is 58.5 Å². The van der Waals surface area contributed by atoms with E-state index in [1.807, 2.05) is 0 Å². The Kier molecular flexibility index (Phi) is 8.14. The van der Waals surface area contributed by atoms with Gasteiger partial charge in [-0.25, -0.2) is 9.18 Å². The van der Waals surface area contributed by atoms with Crippen LogP contribution in [0.3, 0.4) is 0 Å². The van der Waals surface area contributed by atoms with Gasteiger partial charge in [0.2, 0.25) is 0 Å². The van der Waals surface area contributed by atoms with Gasteiger partial charge in [0.25, 0.3) is 5.56 Å². The lowest BCUT2D eigenvalue weighted by Crippen LogP contribution is -2.49. The van der Waals surface area contributed by atoms with Crippen molar-refractivity contribution in [3.05, 3.63) is 133 Å². The average molecular weight is 625 g/mol. The van der Waals surface area contributed by atoms with Crippen LogP contribution in [0.4, 0.5) is 17.6 Å². The van der Waals surface area contributed by atoms with Crippen LogP contribution >= 0.6 is 0 Å². The number of aromatic nitrogens is 2. The fraction of sp³-hybridized carbons (Fsp3) is 0.333. The highest BCUT2D eigenvalue weighted by Crippen LogP contribution is 2.48. The van der Waals surface area contributed by atoms with E-state index in [1.54, 1.807) is 48.5 Å². The number of aromatic hydroxyl groups is 1. The molecule has 1 unspecified atom stereocenters. The van der Waals surface area contributed by atoms with Crippen LogP contribution in [0, 0.1) is 5.82 Å². The molecule has 8 nitrogen and oxygen atoms in total. The number of ether oxygens (including phenoxy) is 1. The summed E-state index contributed by atoms with van der Waals surface area (Å²) in [6.45, 7) is -0.109. The molecule has 12 heteroatoms. The number of nitrogens with two attached hydrogens (primary N) is 1. The normalized spacial score (nSPS) is 18.2. The number of halogens is 4. The summed E-state index contributed by atoms with van der Waals surface area (Å²) in [5.74, 6) is -1.18. The number of piperidine rings is 1. The average Bonchev–Trinajstić information content (AvgIpc) is 3.31. The fourth-order valence-electron chi connectivity index (χ4n) is 6.54. The number of phenols is 1. The molecule has 6 rings (SSSR count). The van der Waals surface area contributed by atoms with E-state index in [0.717, 1.165) is 27.3 Å². The van der Waals surface area contributed by atoms with Crippen molar-refractivity contribution in [3.63, 3.8) is 0 Å². The number of fused-ring (bicyclic) bond motifs is 2. The van der Waals surface area contributed by atoms with E-state index in [0.29, 0.717) is 37.1 Å². The number of hydrogen-bond donors (Lipinski definition) is 3. The predicted octanol–water partition coefficient (Wildman–Crippen LogP) is 4.51. The number of para-hydroxylation sites is 1. The van der Waals surface area contributed by atoms with Gasteiger partial charge >= 0.3 is 11.9 Å². The fourth-order valence-corrected chi connectivity index (χ4v) is 6.54. The summed E-state index contributed by atoms with van der Waals surface area (Å²) in [5, 5.41) is 13.8. The lowest BCUT2D eigenvalue weighted by atomic mass is 9.85. The topological polar surface area (TPSA) is 112 Å². The van der Waals surface area contributed by atoms with Gasteiger partial charge in [-0.1, -0.05) is 54.6 Å². The summed E-state index contributed by atoms with van der Waals surface area (Å²) in [4.78, 5) is 28.7. The highest BCUT2D eigenvalue weighted by Gasteiger charge is 2.50. The summed E-state index contributed by atoms with van der Waals surface area (Å²) >= 11 is 0. The van der Waals surface area contributed by atoms with E-state index in [2.05, 4.69) is 5.32 Å². The van der Waals surface area contributed by atoms with Crippen molar-refractivity contribution in [2.75, 3.05) is 13.1 Å². The van der Waals surface area contributed by atoms with Crippen molar-refractivity contribution in [3.8, 4) is 5.75 Å². The van der Waals surface area contributed by atoms with E-state index in [9.17, 15) is 27.9 Å². The van der Waals surface area contributed by atoms with Gasteiger partial charge in [-0.05, 0) is 55.3 Å². The van der Waals surface area contributed by atoms with Gasteiger partial charge in [-0.2, -0.15) is 13.2 Å². The zero-order chi connectivity index (χ0) is 31.9. The van der Waals surface area contributed by atoms with Crippen molar-refractivity contribution >= 4 is 0 Å². The summed E-state index contributed by atoms with van der Waals surface area (Å²) in [7, 11) is 0. The molecule has 1 fully saturated rings. The van der Waals surface area contributed by atoms with Crippen LogP contribution < -0.4 is 22.3 Å². The summed E-state index contributed by atoms with van der Waals surface area (Å²) in [6.07, 6.45) is -5.18. The number of phenolic OH excluding ortho intramolecular Hbond substituents is 1. The molecule has 2 aliphatic rings. The van der Waals surface area contributed by atoms with Gasteiger partial charge in [0.05, 0.1) is 29.9 Å². The van der Waals surface area contributed by atoms with Crippen LogP contribution in [0.5, 0.6) is 5.75 Å². The molecule has 0 radical (unpaired) electrons. The highest BCUT2D eigenvalue weighted by atomic mass is 19.4. The number of rotatable bonds is 7. The van der Waals surface area contributed by atoms with E-state index in [4.69, 9.17) is 10.5 Å². The summed E-state index contributed by atoms with van der Waals surface area (Å²) < 4.78 is 66.2. The molecule has 2 aliphatic heterocycles. The van der Waals surface area contributed by atoms with Crippen LogP contribution in [-0.4, -0.2) is 27.3 Å². The van der Waals surface area contributed by atoms with Gasteiger partial charge in [0.15, 0.2) is 0 Å². The third kappa shape index (κ3) is 5.69. The Balaban J connectivity index is 1.60. The number of nitrogens with zero attached hydrogens (tertiary/aromatic N) is 2. The first kappa shape index (κ1) is 30.8. The van der Waals surface area contributed by atoms with E-state index >= 15 is 4.39 Å². The first-order chi connectivity index (χ1) is 21.5. The molecular formula is C33H32F4N4O4. The minimum absolute atomic E-state index is 0.0185. The minimum atomic E-state index is -4.91. The van der Waals surface area contributed by atoms with E-state index in [1.165, 1.54) is 6.07 Å². The molecule has 0 aliphatic carbocycles. The Morgan fingerprint density at radius 2 is 1.67 bits per heavy atom. The van der Waals surface area contributed by atoms with Gasteiger partial charge in [-0.3, -0.25) is 13.9 Å². The molecule has 2 atom stereocenters. The molecule has 3 heterocycles. The molecule has 0 amide bonds. The molecule has 0 saturated carbocycles. The lowest BCUT2D eigenvalue weighted by Gasteiger charge is -2.34. The van der Waals surface area contributed by atoms with Crippen LogP contribution in [0.2, 0.25) is 0 Å². The third-order valence-electron chi connectivity index (χ3n) is 8.75. The zero-order valence-corrected chi connectivity index (χ0v) is 24.2. The number of nitrogens with one attached hydrogen (secondary N) is 1. The molecular weight excluding hydrogens is 592 g/mol. The second-order valence-electron chi connectivity index (χ2n) is 11.5. The van der Waals surface area contributed by atoms with E-state index in [-0.39, 0.29) is 30.0 Å². The smallest absolute Gasteiger partial charge is 0.416 e. The van der Waals surface area contributed by atoms with Gasteiger partial charge in [0, 0.05) is 18.0 Å². The molecule has 236 valence electrons.